The Balaban J connectivity index is 2.53. The molecule has 1 aromatic carbocycles. The fourth-order valence-corrected chi connectivity index (χ4v) is 2.88. The Labute approximate surface area is 165 Å². The van der Waals surface area contributed by atoms with Crippen molar-refractivity contribution < 1.29 is 18.3 Å². The van der Waals surface area contributed by atoms with Crippen LogP contribution in [0.5, 0.6) is 5.75 Å². The fraction of sp³-hybridized carbons (Fsp3) is 0.421. The second-order valence-electron chi connectivity index (χ2n) is 6.36. The number of nitrogens with zero attached hydrogens (tertiary/aromatic N) is 2. The number of unbranched alkanes of at least 4 members (excludes halogenated alkanes) is 1. The average Bonchev–Trinajstić information content (AvgIpc) is 2.66. The molecule has 0 fully saturated rings. The van der Waals surface area contributed by atoms with Crippen LogP contribution in [0.4, 0.5) is 20.3 Å². The van der Waals surface area contributed by atoms with Gasteiger partial charge in [0.2, 0.25) is 0 Å². The summed E-state index contributed by atoms with van der Waals surface area (Å²) in [7, 11) is 0. The lowest BCUT2D eigenvalue weighted by molar-refractivity contribution is -0.0498. The van der Waals surface area contributed by atoms with Crippen LogP contribution < -0.4 is 26.6 Å². The van der Waals surface area contributed by atoms with Crippen molar-refractivity contribution in [3.8, 4) is 5.75 Å². The molecule has 0 saturated carbocycles. The summed E-state index contributed by atoms with van der Waals surface area (Å²) in [5, 5.41) is 0. The van der Waals surface area contributed by atoms with Gasteiger partial charge in [0.25, 0.3) is 11.5 Å². The van der Waals surface area contributed by atoms with Gasteiger partial charge >= 0.3 is 12.3 Å². The van der Waals surface area contributed by atoms with E-state index in [9.17, 15) is 23.2 Å². The Morgan fingerprint density at radius 3 is 2.62 bits per heavy atom. The number of alkyl halides is 2. The number of nitrogen functional groups attached to an aromatic ring is 1. The molecule has 0 aliphatic heterocycles. The van der Waals surface area contributed by atoms with Crippen molar-refractivity contribution in [1.82, 2.24) is 9.55 Å². The Hall–Kier alpha value is -3.17. The quantitative estimate of drug-likeness (QED) is 0.660. The van der Waals surface area contributed by atoms with Gasteiger partial charge in [-0.3, -0.25) is 19.1 Å². The zero-order valence-electron chi connectivity index (χ0n) is 16.3. The monoisotopic (exact) mass is 410 g/mol. The third-order valence-electron chi connectivity index (χ3n) is 4.22. The van der Waals surface area contributed by atoms with Crippen LogP contribution in [0.1, 0.15) is 43.5 Å². The molecule has 0 aliphatic carbocycles. The molecular formula is C19H24F2N4O4. The molecular weight excluding hydrogens is 386 g/mol. The van der Waals surface area contributed by atoms with Crippen LogP contribution in [0.25, 0.3) is 0 Å². The van der Waals surface area contributed by atoms with Crippen molar-refractivity contribution in [3.63, 3.8) is 0 Å². The first-order valence-electron chi connectivity index (χ1n) is 9.29. The topological polar surface area (TPSA) is 110 Å². The summed E-state index contributed by atoms with van der Waals surface area (Å²) < 4.78 is 30.5. The Morgan fingerprint density at radius 2 is 2.00 bits per heavy atom. The van der Waals surface area contributed by atoms with Crippen LogP contribution in [0, 0.1) is 0 Å². The minimum Gasteiger partial charge on any atom is -0.435 e. The van der Waals surface area contributed by atoms with E-state index in [0.717, 1.165) is 17.4 Å². The van der Waals surface area contributed by atoms with Gasteiger partial charge in [0.1, 0.15) is 11.6 Å². The molecule has 0 aliphatic rings. The standard InChI is InChI=1S/C19H24F2N4O4/c1-3-5-10-25-15(22)14(16(26)23-19(25)28)24(9-4-2)17(27)12-7-6-8-13(11-12)29-18(20)21/h6-8,11,18H,3-5,9-10,22H2,1-2H3,(H,23,26,28). The Bertz CT molecular complexity index is 971. The first-order valence-corrected chi connectivity index (χ1v) is 9.29. The molecule has 0 spiro atoms. The molecule has 3 N–H and O–H groups in total. The Kier molecular flexibility index (Phi) is 7.52. The molecule has 2 rings (SSSR count). The Morgan fingerprint density at radius 1 is 1.28 bits per heavy atom. The molecule has 158 valence electrons. The van der Waals surface area contributed by atoms with E-state index in [1.807, 2.05) is 6.92 Å². The predicted octanol–water partition coefficient (Wildman–Crippen LogP) is 2.58. The lowest BCUT2D eigenvalue weighted by atomic mass is 10.1. The first kappa shape index (κ1) is 22.1. The zero-order valence-corrected chi connectivity index (χ0v) is 16.3. The fourth-order valence-electron chi connectivity index (χ4n) is 2.88. The van der Waals surface area contributed by atoms with Gasteiger partial charge in [-0.25, -0.2) is 4.79 Å². The third kappa shape index (κ3) is 5.21. The molecule has 10 heteroatoms. The van der Waals surface area contributed by atoms with Gasteiger partial charge in [-0.2, -0.15) is 8.78 Å². The van der Waals surface area contributed by atoms with Crippen molar-refractivity contribution in [2.24, 2.45) is 0 Å². The number of carbonyl (C=O) groups is 1. The lowest BCUT2D eigenvalue weighted by Gasteiger charge is -2.24. The maximum atomic E-state index is 13.1. The highest BCUT2D eigenvalue weighted by molar-refractivity contribution is 6.07. The minimum absolute atomic E-state index is 0.0432. The number of hydrogen-bond acceptors (Lipinski definition) is 5. The van der Waals surface area contributed by atoms with Gasteiger partial charge in [0.15, 0.2) is 5.69 Å². The van der Waals surface area contributed by atoms with Gasteiger partial charge in [0.05, 0.1) is 0 Å². The van der Waals surface area contributed by atoms with Crippen molar-refractivity contribution in [3.05, 3.63) is 50.7 Å². The van der Waals surface area contributed by atoms with E-state index in [0.29, 0.717) is 12.8 Å². The van der Waals surface area contributed by atoms with E-state index in [1.165, 1.54) is 22.8 Å². The number of anilines is 2. The highest BCUT2D eigenvalue weighted by Gasteiger charge is 2.25. The number of benzene rings is 1. The van der Waals surface area contributed by atoms with Crippen molar-refractivity contribution in [2.75, 3.05) is 17.2 Å². The summed E-state index contributed by atoms with van der Waals surface area (Å²) in [4.78, 5) is 41.0. The summed E-state index contributed by atoms with van der Waals surface area (Å²) >= 11 is 0. The van der Waals surface area contributed by atoms with Crippen LogP contribution in [0.3, 0.4) is 0 Å². The van der Waals surface area contributed by atoms with E-state index in [2.05, 4.69) is 9.72 Å². The van der Waals surface area contributed by atoms with Crippen molar-refractivity contribution in [1.29, 1.82) is 0 Å². The van der Waals surface area contributed by atoms with E-state index in [4.69, 9.17) is 5.73 Å². The number of ether oxygens (including phenoxy) is 1. The second-order valence-corrected chi connectivity index (χ2v) is 6.36. The van der Waals surface area contributed by atoms with Crippen molar-refractivity contribution in [2.45, 2.75) is 46.3 Å². The molecule has 0 radical (unpaired) electrons. The van der Waals surface area contributed by atoms with Gasteiger partial charge in [-0.05, 0) is 31.0 Å². The number of hydrogen-bond donors (Lipinski definition) is 2. The number of amides is 1. The number of H-pyrrole nitrogens is 1. The maximum absolute atomic E-state index is 13.1. The molecule has 0 atom stereocenters. The molecule has 0 bridgehead atoms. The molecule has 1 aromatic heterocycles. The molecule has 1 heterocycles. The van der Waals surface area contributed by atoms with Crippen LogP contribution in [0.15, 0.2) is 33.9 Å². The average molecular weight is 410 g/mol. The van der Waals surface area contributed by atoms with Crippen LogP contribution in [-0.2, 0) is 6.54 Å². The molecule has 29 heavy (non-hydrogen) atoms. The molecule has 8 nitrogen and oxygen atoms in total. The van der Waals surface area contributed by atoms with Crippen LogP contribution >= 0.6 is 0 Å². The molecule has 2 aromatic rings. The summed E-state index contributed by atoms with van der Waals surface area (Å²) in [6.45, 7) is 1.13. The van der Waals surface area contributed by atoms with E-state index in [-0.39, 0.29) is 35.9 Å². The SMILES string of the molecule is CCCCn1c(N)c(N(CCC)C(=O)c2cccc(OC(F)F)c2)c(=O)[nH]c1=O. The van der Waals surface area contributed by atoms with Crippen molar-refractivity contribution >= 4 is 17.4 Å². The van der Waals surface area contributed by atoms with E-state index in [1.54, 1.807) is 6.92 Å². The third-order valence-corrected chi connectivity index (χ3v) is 4.22. The maximum Gasteiger partial charge on any atom is 0.387 e. The number of halogens is 2. The minimum atomic E-state index is -3.03. The largest absolute Gasteiger partial charge is 0.435 e. The summed E-state index contributed by atoms with van der Waals surface area (Å²) in [5.74, 6) is -0.921. The molecule has 1 amide bonds. The summed E-state index contributed by atoms with van der Waals surface area (Å²) in [5.41, 5.74) is 4.55. The number of carbonyl (C=O) groups excluding carboxylic acids is 1. The number of nitrogens with two attached hydrogens (primary N) is 1. The zero-order chi connectivity index (χ0) is 21.6. The normalized spacial score (nSPS) is 10.9. The lowest BCUT2D eigenvalue weighted by Crippen LogP contribution is -2.41. The highest BCUT2D eigenvalue weighted by Crippen LogP contribution is 2.22. The number of aromatic amines is 1. The van der Waals surface area contributed by atoms with Gasteiger partial charge < -0.3 is 15.4 Å². The molecule has 0 saturated heterocycles. The number of nitrogens with one attached hydrogen (secondary N) is 1. The van der Waals surface area contributed by atoms with Gasteiger partial charge in [0, 0.05) is 18.7 Å². The first-order chi connectivity index (χ1) is 13.8. The van der Waals surface area contributed by atoms with Gasteiger partial charge in [-0.15, -0.1) is 0 Å². The summed E-state index contributed by atoms with van der Waals surface area (Å²) in [6, 6.07) is 5.26. The number of aromatic nitrogens is 2. The summed E-state index contributed by atoms with van der Waals surface area (Å²) in [6.07, 6.45) is 1.95. The highest BCUT2D eigenvalue weighted by atomic mass is 19.3. The van der Waals surface area contributed by atoms with Gasteiger partial charge in [-0.1, -0.05) is 26.3 Å². The van der Waals surface area contributed by atoms with E-state index < -0.39 is 23.8 Å². The second kappa shape index (κ2) is 9.85. The smallest absolute Gasteiger partial charge is 0.387 e. The van der Waals surface area contributed by atoms with Crippen LogP contribution in [-0.4, -0.2) is 28.6 Å². The predicted molar refractivity (Wildman–Crippen MR) is 106 cm³/mol. The molecule has 0 unspecified atom stereocenters. The van der Waals surface area contributed by atoms with Crippen LogP contribution in [0.2, 0.25) is 0 Å². The number of rotatable bonds is 9. The van der Waals surface area contributed by atoms with E-state index >= 15 is 0 Å².